The number of benzene rings is 2. The summed E-state index contributed by atoms with van der Waals surface area (Å²) < 4.78 is 7.12. The van der Waals surface area contributed by atoms with Crippen molar-refractivity contribution in [2.75, 3.05) is 5.73 Å². The maximum atomic E-state index is 5.90. The maximum Gasteiger partial charge on any atom is 0.127 e. The molecule has 0 radical (unpaired) electrons. The van der Waals surface area contributed by atoms with Crippen LogP contribution >= 0.6 is 22.6 Å². The van der Waals surface area contributed by atoms with Crippen LogP contribution in [0.15, 0.2) is 36.4 Å². The van der Waals surface area contributed by atoms with Gasteiger partial charge in [0.1, 0.15) is 12.4 Å². The van der Waals surface area contributed by atoms with Crippen LogP contribution in [0.2, 0.25) is 0 Å². The third-order valence-corrected chi connectivity index (χ3v) is 3.66. The van der Waals surface area contributed by atoms with Gasteiger partial charge in [0, 0.05) is 14.8 Å². The van der Waals surface area contributed by atoms with Crippen molar-refractivity contribution < 1.29 is 4.74 Å². The first-order valence-electron chi connectivity index (χ1n) is 5.81. The summed E-state index contributed by atoms with van der Waals surface area (Å²) in [6.45, 7) is 4.60. The predicted octanol–water partition coefficient (Wildman–Crippen LogP) is 4.07. The summed E-state index contributed by atoms with van der Waals surface area (Å²) in [6.07, 6.45) is 0. The Morgan fingerprint density at radius 3 is 2.39 bits per heavy atom. The highest BCUT2D eigenvalue weighted by atomic mass is 127. The average molecular weight is 353 g/mol. The van der Waals surface area contributed by atoms with E-state index in [2.05, 4.69) is 46.9 Å². The average Bonchev–Trinajstić information content (AvgIpc) is 2.36. The van der Waals surface area contributed by atoms with Crippen LogP contribution in [0.3, 0.4) is 0 Å². The molecule has 0 atom stereocenters. The molecule has 0 aliphatic heterocycles. The zero-order chi connectivity index (χ0) is 13.1. The van der Waals surface area contributed by atoms with Crippen molar-refractivity contribution >= 4 is 28.3 Å². The minimum atomic E-state index is 0.571. The number of anilines is 1. The summed E-state index contributed by atoms with van der Waals surface area (Å²) in [6, 6.07) is 12.2. The molecule has 0 aromatic heterocycles. The molecule has 2 aromatic rings. The minimum Gasteiger partial charge on any atom is -0.488 e. The lowest BCUT2D eigenvalue weighted by atomic mass is 10.1. The third-order valence-electron chi connectivity index (χ3n) is 2.94. The van der Waals surface area contributed by atoms with Gasteiger partial charge in [-0.2, -0.15) is 0 Å². The number of nitrogens with two attached hydrogens (primary N) is 1. The fourth-order valence-corrected chi connectivity index (χ4v) is 2.16. The van der Waals surface area contributed by atoms with Crippen LogP contribution in [0, 0.1) is 17.4 Å². The van der Waals surface area contributed by atoms with E-state index in [9.17, 15) is 0 Å². The molecular weight excluding hydrogens is 337 g/mol. The monoisotopic (exact) mass is 353 g/mol. The number of halogens is 1. The first-order chi connectivity index (χ1) is 8.58. The fourth-order valence-electron chi connectivity index (χ4n) is 1.80. The largest absolute Gasteiger partial charge is 0.488 e. The van der Waals surface area contributed by atoms with Crippen LogP contribution in [-0.2, 0) is 6.61 Å². The molecule has 0 spiro atoms. The number of ether oxygens (including phenoxy) is 1. The molecule has 0 saturated heterocycles. The lowest BCUT2D eigenvalue weighted by Gasteiger charge is -2.13. The summed E-state index contributed by atoms with van der Waals surface area (Å²) in [7, 11) is 0. The standard InChI is InChI=1S/C15H16INO/c1-10-3-8-14(17)11(2)15(10)18-9-12-4-6-13(16)7-5-12/h3-8H,9,17H2,1-2H3. The van der Waals surface area contributed by atoms with E-state index in [0.29, 0.717) is 6.61 Å². The quantitative estimate of drug-likeness (QED) is 0.667. The number of hydrogen-bond donors (Lipinski definition) is 1. The van der Waals surface area contributed by atoms with E-state index in [1.165, 1.54) is 3.57 Å². The van der Waals surface area contributed by atoms with Gasteiger partial charge in [0.15, 0.2) is 0 Å². The summed E-state index contributed by atoms with van der Waals surface area (Å²) in [5.74, 6) is 0.897. The molecule has 18 heavy (non-hydrogen) atoms. The van der Waals surface area contributed by atoms with Crippen molar-refractivity contribution in [3.8, 4) is 5.75 Å². The van der Waals surface area contributed by atoms with E-state index in [1.807, 2.05) is 26.0 Å². The van der Waals surface area contributed by atoms with Gasteiger partial charge in [-0.1, -0.05) is 18.2 Å². The summed E-state index contributed by atoms with van der Waals surface area (Å²) >= 11 is 2.29. The number of aryl methyl sites for hydroxylation is 1. The number of hydrogen-bond acceptors (Lipinski definition) is 2. The van der Waals surface area contributed by atoms with Crippen molar-refractivity contribution in [1.82, 2.24) is 0 Å². The van der Waals surface area contributed by atoms with Gasteiger partial charge in [-0.3, -0.25) is 0 Å². The van der Waals surface area contributed by atoms with Crippen molar-refractivity contribution in [1.29, 1.82) is 0 Å². The minimum absolute atomic E-state index is 0.571. The molecule has 2 nitrogen and oxygen atoms in total. The highest BCUT2D eigenvalue weighted by molar-refractivity contribution is 14.1. The van der Waals surface area contributed by atoms with E-state index < -0.39 is 0 Å². The molecule has 0 saturated carbocycles. The molecule has 0 bridgehead atoms. The van der Waals surface area contributed by atoms with E-state index >= 15 is 0 Å². The second-order valence-corrected chi connectivity index (χ2v) is 5.59. The molecule has 2 aromatic carbocycles. The number of nitrogen functional groups attached to an aromatic ring is 1. The number of rotatable bonds is 3. The van der Waals surface area contributed by atoms with Crippen LogP contribution in [0.5, 0.6) is 5.75 Å². The summed E-state index contributed by atoms with van der Waals surface area (Å²) in [4.78, 5) is 0. The lowest BCUT2D eigenvalue weighted by Crippen LogP contribution is -2.01. The highest BCUT2D eigenvalue weighted by Gasteiger charge is 2.07. The molecule has 0 amide bonds. The van der Waals surface area contributed by atoms with Gasteiger partial charge >= 0.3 is 0 Å². The Morgan fingerprint density at radius 1 is 1.06 bits per heavy atom. The predicted molar refractivity (Wildman–Crippen MR) is 83.8 cm³/mol. The summed E-state index contributed by atoms with van der Waals surface area (Å²) in [5, 5.41) is 0. The maximum absolute atomic E-state index is 5.90. The molecule has 0 heterocycles. The van der Waals surface area contributed by atoms with Gasteiger partial charge < -0.3 is 10.5 Å². The van der Waals surface area contributed by atoms with Gasteiger partial charge in [-0.15, -0.1) is 0 Å². The molecule has 0 fully saturated rings. The van der Waals surface area contributed by atoms with Crippen LogP contribution in [0.1, 0.15) is 16.7 Å². The molecule has 3 heteroatoms. The van der Waals surface area contributed by atoms with Crippen molar-refractivity contribution in [3.63, 3.8) is 0 Å². The van der Waals surface area contributed by atoms with Crippen LogP contribution in [0.4, 0.5) is 5.69 Å². The lowest BCUT2D eigenvalue weighted by molar-refractivity contribution is 0.302. The van der Waals surface area contributed by atoms with Crippen molar-refractivity contribution in [2.24, 2.45) is 0 Å². The molecular formula is C15H16INO. The SMILES string of the molecule is Cc1ccc(N)c(C)c1OCc1ccc(I)cc1. The van der Waals surface area contributed by atoms with Gasteiger partial charge in [0.25, 0.3) is 0 Å². The van der Waals surface area contributed by atoms with Crippen LogP contribution in [-0.4, -0.2) is 0 Å². The third kappa shape index (κ3) is 2.96. The van der Waals surface area contributed by atoms with E-state index in [1.54, 1.807) is 0 Å². The van der Waals surface area contributed by atoms with Crippen molar-refractivity contribution in [3.05, 3.63) is 56.7 Å². The zero-order valence-electron chi connectivity index (χ0n) is 10.5. The van der Waals surface area contributed by atoms with Gasteiger partial charge in [-0.25, -0.2) is 0 Å². The van der Waals surface area contributed by atoms with Gasteiger partial charge in [-0.05, 0) is 65.8 Å². The van der Waals surface area contributed by atoms with Gasteiger partial charge in [0.2, 0.25) is 0 Å². The molecule has 0 unspecified atom stereocenters. The second kappa shape index (κ2) is 5.61. The first kappa shape index (κ1) is 13.2. The smallest absolute Gasteiger partial charge is 0.127 e. The molecule has 94 valence electrons. The van der Waals surface area contributed by atoms with E-state index in [-0.39, 0.29) is 0 Å². The Hall–Kier alpha value is -1.23. The Morgan fingerprint density at radius 2 is 1.72 bits per heavy atom. The normalized spacial score (nSPS) is 10.4. The fraction of sp³-hybridized carbons (Fsp3) is 0.200. The van der Waals surface area contributed by atoms with Crippen molar-refractivity contribution in [2.45, 2.75) is 20.5 Å². The molecule has 0 aliphatic rings. The van der Waals surface area contributed by atoms with Crippen LogP contribution in [0.25, 0.3) is 0 Å². The highest BCUT2D eigenvalue weighted by Crippen LogP contribution is 2.28. The summed E-state index contributed by atoms with van der Waals surface area (Å²) in [5.41, 5.74) is 9.97. The Kier molecular flexibility index (Phi) is 4.11. The molecule has 0 aliphatic carbocycles. The van der Waals surface area contributed by atoms with Gasteiger partial charge in [0.05, 0.1) is 0 Å². The topological polar surface area (TPSA) is 35.2 Å². The Bertz CT molecular complexity index is 549. The second-order valence-electron chi connectivity index (χ2n) is 4.34. The van der Waals surface area contributed by atoms with E-state index in [4.69, 9.17) is 10.5 Å². The first-order valence-corrected chi connectivity index (χ1v) is 6.88. The Balaban J connectivity index is 2.15. The molecule has 2 rings (SSSR count). The Labute approximate surface area is 121 Å². The molecule has 2 N–H and O–H groups in total. The van der Waals surface area contributed by atoms with E-state index in [0.717, 1.165) is 28.1 Å². The zero-order valence-corrected chi connectivity index (χ0v) is 12.7. The van der Waals surface area contributed by atoms with Crippen LogP contribution < -0.4 is 10.5 Å².